The van der Waals surface area contributed by atoms with Gasteiger partial charge in [0.1, 0.15) is 36.0 Å². The van der Waals surface area contributed by atoms with Gasteiger partial charge in [-0.2, -0.15) is 10.2 Å². The summed E-state index contributed by atoms with van der Waals surface area (Å²) < 4.78 is 9.58. The van der Waals surface area contributed by atoms with Crippen LogP contribution in [0.15, 0.2) is 66.6 Å². The second-order valence-corrected chi connectivity index (χ2v) is 10.1. The third kappa shape index (κ3) is 4.42. The molecule has 0 fully saturated rings. The summed E-state index contributed by atoms with van der Waals surface area (Å²) in [7, 11) is 0. The number of rotatable bonds is 5. The van der Waals surface area contributed by atoms with Crippen molar-refractivity contribution in [3.8, 4) is 11.5 Å². The van der Waals surface area contributed by atoms with Crippen molar-refractivity contribution in [3.05, 3.63) is 72.8 Å². The van der Waals surface area contributed by atoms with Gasteiger partial charge < -0.3 is 10.1 Å². The molecule has 5 aromatic rings. The van der Waals surface area contributed by atoms with Gasteiger partial charge in [0.25, 0.3) is 0 Å². The fourth-order valence-corrected chi connectivity index (χ4v) is 4.40. The van der Waals surface area contributed by atoms with Crippen molar-refractivity contribution in [1.29, 1.82) is 0 Å². The number of anilines is 2. The van der Waals surface area contributed by atoms with Gasteiger partial charge in [-0.3, -0.25) is 4.99 Å². The van der Waals surface area contributed by atoms with E-state index in [1.165, 1.54) is 18.4 Å². The molecule has 0 aliphatic carbocycles. The van der Waals surface area contributed by atoms with Crippen LogP contribution < -0.4 is 10.1 Å². The maximum Gasteiger partial charge on any atom is 0.160 e. The Balaban J connectivity index is 1.27. The first-order valence-electron chi connectivity index (χ1n) is 12.1. The lowest BCUT2D eigenvalue weighted by Crippen LogP contribution is -2.23. The number of nitrogens with zero attached hydrogens (tertiary/aromatic N) is 8. The molecule has 37 heavy (non-hydrogen) atoms. The molecule has 6 rings (SSSR count). The van der Waals surface area contributed by atoms with Crippen molar-refractivity contribution in [1.82, 2.24) is 34.2 Å². The highest BCUT2D eigenvalue weighted by molar-refractivity contribution is 6.01. The van der Waals surface area contributed by atoms with Crippen LogP contribution in [0, 0.1) is 12.3 Å². The quantitative estimate of drug-likeness (QED) is 0.355. The number of aryl methyl sites for hydroxylation is 1. The number of nitrogens with one attached hydrogen (secondary N) is 1. The average Bonchev–Trinajstić information content (AvgIpc) is 3.53. The van der Waals surface area contributed by atoms with Crippen molar-refractivity contribution in [2.45, 2.75) is 34.1 Å². The Morgan fingerprint density at radius 3 is 2.65 bits per heavy atom. The molecule has 4 aromatic heterocycles. The standard InChI is InChI=1S/C27H27N9O/c1-17-11-19(5-6-21(17)37-20-8-10-35-23(13-20)29-14-32-35)34-26-25-24(31-16-36(25)33-15-30-26)18-7-9-28-22(12-18)27(2,3)4/h5-8,10-11,13-16H,9,12H2,1-4H3,(H,30,33,34). The molecule has 1 N–H and O–H groups in total. The Labute approximate surface area is 213 Å². The number of benzene rings is 1. The van der Waals surface area contributed by atoms with Crippen LogP contribution in [0.2, 0.25) is 0 Å². The maximum atomic E-state index is 6.12. The van der Waals surface area contributed by atoms with Crippen molar-refractivity contribution in [2.75, 3.05) is 11.9 Å². The molecule has 0 atom stereocenters. The van der Waals surface area contributed by atoms with Crippen molar-refractivity contribution >= 4 is 34.0 Å². The Morgan fingerprint density at radius 1 is 0.973 bits per heavy atom. The highest BCUT2D eigenvalue weighted by atomic mass is 16.5. The number of hydrogen-bond acceptors (Lipinski definition) is 8. The van der Waals surface area contributed by atoms with Gasteiger partial charge in [0.15, 0.2) is 11.5 Å². The molecule has 0 amide bonds. The lowest BCUT2D eigenvalue weighted by atomic mass is 9.84. The molecule has 0 unspecified atom stereocenters. The summed E-state index contributed by atoms with van der Waals surface area (Å²) in [6.07, 6.45) is 9.50. The van der Waals surface area contributed by atoms with E-state index in [1.807, 2.05) is 43.5 Å². The van der Waals surface area contributed by atoms with E-state index in [1.54, 1.807) is 15.4 Å². The lowest BCUT2D eigenvalue weighted by molar-refractivity contribution is 0.478. The fraction of sp³-hybridized carbons (Fsp3) is 0.259. The molecule has 0 saturated carbocycles. The molecule has 5 heterocycles. The number of dihydropyridines is 1. The SMILES string of the molecule is Cc1cc(Nc2ncnn3cnc(C4=CCN=C(C(C)(C)C)C4)c23)ccc1Oc1ccn2ncnc2c1. The van der Waals surface area contributed by atoms with E-state index in [-0.39, 0.29) is 5.41 Å². The summed E-state index contributed by atoms with van der Waals surface area (Å²) in [5, 5.41) is 12.0. The summed E-state index contributed by atoms with van der Waals surface area (Å²) in [6, 6.07) is 9.66. The van der Waals surface area contributed by atoms with E-state index in [4.69, 9.17) is 14.7 Å². The smallest absolute Gasteiger partial charge is 0.160 e. The highest BCUT2D eigenvalue weighted by Crippen LogP contribution is 2.34. The Kier molecular flexibility index (Phi) is 5.44. The molecule has 0 saturated heterocycles. The maximum absolute atomic E-state index is 6.12. The van der Waals surface area contributed by atoms with Crippen molar-refractivity contribution < 1.29 is 4.74 Å². The highest BCUT2D eigenvalue weighted by Gasteiger charge is 2.25. The van der Waals surface area contributed by atoms with Gasteiger partial charge >= 0.3 is 0 Å². The normalized spacial score (nSPS) is 14.1. The van der Waals surface area contributed by atoms with Crippen LogP contribution >= 0.6 is 0 Å². The summed E-state index contributed by atoms with van der Waals surface area (Å²) in [5.41, 5.74) is 6.63. The zero-order chi connectivity index (χ0) is 25.6. The van der Waals surface area contributed by atoms with Gasteiger partial charge in [-0.05, 0) is 42.3 Å². The molecule has 10 heteroatoms. The second kappa shape index (κ2) is 8.81. The lowest BCUT2D eigenvalue weighted by Gasteiger charge is -2.25. The molecule has 10 nitrogen and oxygen atoms in total. The number of aliphatic imine (C=N–C) groups is 1. The van der Waals surface area contributed by atoms with E-state index < -0.39 is 0 Å². The second-order valence-electron chi connectivity index (χ2n) is 10.1. The van der Waals surface area contributed by atoms with Crippen LogP contribution in [-0.2, 0) is 0 Å². The van der Waals surface area contributed by atoms with Gasteiger partial charge in [-0.15, -0.1) is 0 Å². The minimum Gasteiger partial charge on any atom is -0.457 e. The van der Waals surface area contributed by atoms with Crippen molar-refractivity contribution in [2.24, 2.45) is 10.4 Å². The van der Waals surface area contributed by atoms with Crippen LogP contribution in [0.5, 0.6) is 11.5 Å². The number of aromatic nitrogens is 7. The first kappa shape index (κ1) is 22.8. The number of imidazole rings is 1. The third-order valence-electron chi connectivity index (χ3n) is 6.40. The topological polar surface area (TPSA) is 107 Å². The average molecular weight is 494 g/mol. The summed E-state index contributed by atoms with van der Waals surface area (Å²) in [5.74, 6) is 2.15. The van der Waals surface area contributed by atoms with E-state index >= 15 is 0 Å². The number of fused-ring (bicyclic) bond motifs is 2. The van der Waals surface area contributed by atoms with Crippen LogP contribution in [0.4, 0.5) is 11.5 Å². The minimum absolute atomic E-state index is 0.00908. The Morgan fingerprint density at radius 2 is 1.81 bits per heavy atom. The molecule has 186 valence electrons. The van der Waals surface area contributed by atoms with Crippen LogP contribution in [0.1, 0.15) is 38.4 Å². The molecule has 1 aliphatic rings. The van der Waals surface area contributed by atoms with Crippen LogP contribution in [0.3, 0.4) is 0 Å². The first-order valence-corrected chi connectivity index (χ1v) is 12.1. The molecule has 1 aromatic carbocycles. The Bertz CT molecular complexity index is 1690. The summed E-state index contributed by atoms with van der Waals surface area (Å²) in [6.45, 7) is 9.25. The predicted octanol–water partition coefficient (Wildman–Crippen LogP) is 5.29. The number of pyridine rings is 1. The van der Waals surface area contributed by atoms with Crippen LogP contribution in [-0.4, -0.2) is 46.4 Å². The zero-order valence-corrected chi connectivity index (χ0v) is 21.2. The molecular formula is C27H27N9O. The van der Waals surface area contributed by atoms with Crippen LogP contribution in [0.25, 0.3) is 16.7 Å². The summed E-state index contributed by atoms with van der Waals surface area (Å²) in [4.78, 5) is 18.2. The first-order chi connectivity index (χ1) is 17.8. The van der Waals surface area contributed by atoms with E-state index in [9.17, 15) is 0 Å². The van der Waals surface area contributed by atoms with Gasteiger partial charge in [0, 0.05) is 35.5 Å². The van der Waals surface area contributed by atoms with Gasteiger partial charge in [0.2, 0.25) is 0 Å². The zero-order valence-electron chi connectivity index (χ0n) is 21.2. The van der Waals surface area contributed by atoms with Crippen molar-refractivity contribution in [3.63, 3.8) is 0 Å². The Hall–Kier alpha value is -4.60. The van der Waals surface area contributed by atoms with E-state index in [0.29, 0.717) is 18.1 Å². The monoisotopic (exact) mass is 493 g/mol. The van der Waals surface area contributed by atoms with Gasteiger partial charge in [-0.1, -0.05) is 26.8 Å². The molecule has 0 spiro atoms. The molecule has 1 aliphatic heterocycles. The van der Waals surface area contributed by atoms with Gasteiger partial charge in [0.05, 0.1) is 12.2 Å². The number of allylic oxidation sites excluding steroid dienone is 1. The fourth-order valence-electron chi connectivity index (χ4n) is 4.40. The third-order valence-corrected chi connectivity index (χ3v) is 6.40. The number of ether oxygens (including phenoxy) is 1. The molecular weight excluding hydrogens is 466 g/mol. The van der Waals surface area contributed by atoms with E-state index in [2.05, 4.69) is 52.3 Å². The van der Waals surface area contributed by atoms with E-state index in [0.717, 1.165) is 45.9 Å². The number of hydrogen-bond donors (Lipinski definition) is 1. The molecule has 0 radical (unpaired) electrons. The largest absolute Gasteiger partial charge is 0.457 e. The summed E-state index contributed by atoms with van der Waals surface area (Å²) >= 11 is 0. The van der Waals surface area contributed by atoms with Gasteiger partial charge in [-0.25, -0.2) is 24.0 Å². The predicted molar refractivity (Wildman–Crippen MR) is 143 cm³/mol. The minimum atomic E-state index is 0.00908. The molecule has 0 bridgehead atoms.